The van der Waals surface area contributed by atoms with Crippen molar-refractivity contribution in [1.82, 2.24) is 4.90 Å². The van der Waals surface area contributed by atoms with Crippen molar-refractivity contribution < 1.29 is 9.53 Å². The van der Waals surface area contributed by atoms with E-state index in [1.54, 1.807) is 0 Å². The summed E-state index contributed by atoms with van der Waals surface area (Å²) < 4.78 is 5.07. The minimum Gasteiger partial charge on any atom is -0.466 e. The molecule has 0 saturated carbocycles. The molecule has 3 nitrogen and oxygen atoms in total. The van der Waals surface area contributed by atoms with Crippen LogP contribution in [0.2, 0.25) is 0 Å². The third-order valence-corrected chi connectivity index (χ3v) is 3.22. The Morgan fingerprint density at radius 2 is 2.23 bits per heavy atom. The number of fused-ring (bicyclic) bond motifs is 2. The summed E-state index contributed by atoms with van der Waals surface area (Å²) in [6.07, 6.45) is 2.19. The topological polar surface area (TPSA) is 29.5 Å². The van der Waals surface area contributed by atoms with Gasteiger partial charge in [0.05, 0.1) is 12.5 Å². The average molecular weight is 183 g/mol. The maximum absolute atomic E-state index is 11.5. The second-order valence-electron chi connectivity index (χ2n) is 4.00. The van der Waals surface area contributed by atoms with Crippen LogP contribution in [0.3, 0.4) is 0 Å². The molecule has 0 aromatic heterocycles. The molecule has 0 N–H and O–H groups in total. The molecule has 2 aliphatic rings. The lowest BCUT2D eigenvalue weighted by atomic mass is 9.87. The molecule has 0 aliphatic carbocycles. The smallest absolute Gasteiger partial charge is 0.309 e. The summed E-state index contributed by atoms with van der Waals surface area (Å²) >= 11 is 0. The number of nitrogens with zero attached hydrogens (tertiary/aromatic N) is 1. The minimum absolute atomic E-state index is 0.0362. The van der Waals surface area contributed by atoms with Crippen LogP contribution in [0, 0.1) is 11.8 Å². The monoisotopic (exact) mass is 183 g/mol. The highest BCUT2D eigenvalue weighted by Gasteiger charge is 2.38. The summed E-state index contributed by atoms with van der Waals surface area (Å²) in [5, 5.41) is 0. The summed E-state index contributed by atoms with van der Waals surface area (Å²) in [5.41, 5.74) is 0. The third kappa shape index (κ3) is 1.70. The van der Waals surface area contributed by atoms with E-state index in [2.05, 4.69) is 4.90 Å². The molecule has 2 heterocycles. The molecule has 0 amide bonds. The number of rotatable bonds is 2. The van der Waals surface area contributed by atoms with Gasteiger partial charge < -0.3 is 9.64 Å². The number of esters is 1. The van der Waals surface area contributed by atoms with Crippen LogP contribution in [-0.2, 0) is 9.53 Å². The van der Waals surface area contributed by atoms with Gasteiger partial charge in [-0.05, 0) is 38.8 Å². The summed E-state index contributed by atoms with van der Waals surface area (Å²) in [6.45, 7) is 5.78. The van der Waals surface area contributed by atoms with Crippen molar-refractivity contribution in [2.45, 2.75) is 19.8 Å². The molecule has 13 heavy (non-hydrogen) atoms. The summed E-state index contributed by atoms with van der Waals surface area (Å²) in [7, 11) is 0. The lowest BCUT2D eigenvalue weighted by Crippen LogP contribution is -2.36. The maximum Gasteiger partial charge on any atom is 0.309 e. The summed E-state index contributed by atoms with van der Waals surface area (Å²) in [5.74, 6) is 0.806. The van der Waals surface area contributed by atoms with Crippen molar-refractivity contribution in [1.29, 1.82) is 0 Å². The SMILES string of the molecule is CCOC(=O)C1CCN2CCC1C2. The van der Waals surface area contributed by atoms with E-state index in [1.165, 1.54) is 13.0 Å². The van der Waals surface area contributed by atoms with E-state index in [0.717, 1.165) is 19.5 Å². The summed E-state index contributed by atoms with van der Waals surface area (Å²) in [4.78, 5) is 14.0. The van der Waals surface area contributed by atoms with E-state index in [-0.39, 0.29) is 11.9 Å². The molecular formula is C10H17NO2. The Kier molecular flexibility index (Phi) is 2.54. The normalized spacial score (nSPS) is 37.5. The van der Waals surface area contributed by atoms with Crippen molar-refractivity contribution in [3.63, 3.8) is 0 Å². The van der Waals surface area contributed by atoms with E-state index in [9.17, 15) is 4.79 Å². The molecule has 2 fully saturated rings. The van der Waals surface area contributed by atoms with E-state index in [1.807, 2.05) is 6.92 Å². The van der Waals surface area contributed by atoms with Gasteiger partial charge in [0, 0.05) is 6.54 Å². The first-order valence-electron chi connectivity index (χ1n) is 5.20. The van der Waals surface area contributed by atoms with Crippen molar-refractivity contribution in [3.8, 4) is 0 Å². The van der Waals surface area contributed by atoms with Crippen LogP contribution >= 0.6 is 0 Å². The van der Waals surface area contributed by atoms with E-state index in [4.69, 9.17) is 4.74 Å². The van der Waals surface area contributed by atoms with Crippen LogP contribution in [0.5, 0.6) is 0 Å². The van der Waals surface area contributed by atoms with Crippen molar-refractivity contribution >= 4 is 5.97 Å². The van der Waals surface area contributed by atoms with Gasteiger partial charge >= 0.3 is 5.97 Å². The zero-order valence-electron chi connectivity index (χ0n) is 8.16. The Morgan fingerprint density at radius 3 is 3.00 bits per heavy atom. The van der Waals surface area contributed by atoms with Crippen LogP contribution in [0.4, 0.5) is 0 Å². The standard InChI is InChI=1S/C10H17NO2/c1-2-13-10(12)9-4-6-11-5-3-8(9)7-11/h8-9H,2-7H2,1H3. The molecule has 2 bridgehead atoms. The van der Waals surface area contributed by atoms with E-state index < -0.39 is 0 Å². The average Bonchev–Trinajstić information content (AvgIpc) is 2.48. The molecule has 0 spiro atoms. The highest BCUT2D eigenvalue weighted by Crippen LogP contribution is 2.32. The minimum atomic E-state index is 0.0362. The van der Waals surface area contributed by atoms with Gasteiger partial charge in [-0.1, -0.05) is 0 Å². The molecule has 3 atom stereocenters. The number of hydrogen-bond donors (Lipinski definition) is 0. The predicted molar refractivity (Wildman–Crippen MR) is 49.3 cm³/mol. The molecule has 74 valence electrons. The van der Waals surface area contributed by atoms with Gasteiger partial charge in [0.15, 0.2) is 0 Å². The Bertz CT molecular complexity index is 205. The lowest BCUT2D eigenvalue weighted by molar-refractivity contribution is -0.151. The van der Waals surface area contributed by atoms with Gasteiger partial charge in [-0.15, -0.1) is 0 Å². The third-order valence-electron chi connectivity index (χ3n) is 3.22. The molecule has 2 saturated heterocycles. The first kappa shape index (κ1) is 9.00. The number of piperidine rings is 1. The Morgan fingerprint density at radius 1 is 1.46 bits per heavy atom. The van der Waals surface area contributed by atoms with Crippen LogP contribution in [0.1, 0.15) is 19.8 Å². The number of carbonyl (C=O) groups is 1. The molecule has 0 aromatic rings. The number of hydrogen-bond acceptors (Lipinski definition) is 3. The lowest BCUT2D eigenvalue weighted by Gasteiger charge is -2.28. The van der Waals surface area contributed by atoms with Gasteiger partial charge in [0.1, 0.15) is 0 Å². The number of carbonyl (C=O) groups excluding carboxylic acids is 1. The molecule has 3 heteroatoms. The van der Waals surface area contributed by atoms with Gasteiger partial charge in [0.2, 0.25) is 0 Å². The maximum atomic E-state index is 11.5. The predicted octanol–water partition coefficient (Wildman–Crippen LogP) is 0.891. The molecule has 3 unspecified atom stereocenters. The molecule has 2 aliphatic heterocycles. The molecule has 0 aromatic carbocycles. The van der Waals surface area contributed by atoms with Crippen molar-refractivity contribution in [3.05, 3.63) is 0 Å². The zero-order chi connectivity index (χ0) is 9.26. The van der Waals surface area contributed by atoms with Gasteiger partial charge in [-0.2, -0.15) is 0 Å². The molecule has 2 rings (SSSR count). The first-order valence-corrected chi connectivity index (χ1v) is 5.20. The number of ether oxygens (including phenoxy) is 1. The fraction of sp³-hybridized carbons (Fsp3) is 0.900. The van der Waals surface area contributed by atoms with Crippen molar-refractivity contribution in [2.75, 3.05) is 26.2 Å². The second kappa shape index (κ2) is 3.66. The Labute approximate surface area is 79.0 Å². The molecule has 0 radical (unpaired) electrons. The fourth-order valence-electron chi connectivity index (χ4n) is 2.51. The first-order chi connectivity index (χ1) is 6.31. The Balaban J connectivity index is 1.95. The van der Waals surface area contributed by atoms with Gasteiger partial charge in [0.25, 0.3) is 0 Å². The fourth-order valence-corrected chi connectivity index (χ4v) is 2.51. The largest absolute Gasteiger partial charge is 0.466 e. The highest BCUT2D eigenvalue weighted by molar-refractivity contribution is 5.73. The second-order valence-corrected chi connectivity index (χ2v) is 4.00. The van der Waals surface area contributed by atoms with Crippen LogP contribution in [0.25, 0.3) is 0 Å². The zero-order valence-corrected chi connectivity index (χ0v) is 8.16. The molecular weight excluding hydrogens is 166 g/mol. The van der Waals surface area contributed by atoms with E-state index in [0.29, 0.717) is 12.5 Å². The van der Waals surface area contributed by atoms with Crippen LogP contribution in [-0.4, -0.2) is 37.1 Å². The Hall–Kier alpha value is -0.570. The van der Waals surface area contributed by atoms with E-state index >= 15 is 0 Å². The van der Waals surface area contributed by atoms with Crippen molar-refractivity contribution in [2.24, 2.45) is 11.8 Å². The van der Waals surface area contributed by atoms with Crippen LogP contribution < -0.4 is 0 Å². The summed E-state index contributed by atoms with van der Waals surface area (Å²) in [6, 6.07) is 0. The van der Waals surface area contributed by atoms with Gasteiger partial charge in [-0.3, -0.25) is 4.79 Å². The van der Waals surface area contributed by atoms with Crippen LogP contribution in [0.15, 0.2) is 0 Å². The highest BCUT2D eigenvalue weighted by atomic mass is 16.5. The quantitative estimate of drug-likeness (QED) is 0.595. The van der Waals surface area contributed by atoms with Gasteiger partial charge in [-0.25, -0.2) is 0 Å².